The topological polar surface area (TPSA) is 17.8 Å². The van der Waals surface area contributed by atoms with Gasteiger partial charge in [-0.1, -0.05) is 12.1 Å². The number of halogens is 3. The summed E-state index contributed by atoms with van der Waals surface area (Å²) in [6.07, 6.45) is 0. The first kappa shape index (κ1) is 13.1. The average molecular weight is 293 g/mol. The van der Waals surface area contributed by atoms with Crippen molar-refractivity contribution in [2.75, 3.05) is 0 Å². The van der Waals surface area contributed by atoms with Crippen LogP contribution in [0.15, 0.2) is 42.5 Å². The molecule has 0 saturated carbocycles. The van der Waals surface area contributed by atoms with E-state index in [-0.39, 0.29) is 5.69 Å². The van der Waals surface area contributed by atoms with Gasteiger partial charge in [-0.05, 0) is 31.2 Å². The lowest BCUT2D eigenvalue weighted by Crippen LogP contribution is -2.04. The highest BCUT2D eigenvalue weighted by molar-refractivity contribution is 6.20. The highest BCUT2D eigenvalue weighted by Gasteiger charge is 2.18. The second kappa shape index (κ2) is 4.87. The lowest BCUT2D eigenvalue weighted by molar-refractivity contribution is 0.591. The molecule has 3 rings (SSSR count). The summed E-state index contributed by atoms with van der Waals surface area (Å²) in [4.78, 5) is 4.40. The molecule has 1 aromatic heterocycles. The molecule has 0 spiro atoms. The van der Waals surface area contributed by atoms with Crippen molar-refractivity contribution in [2.24, 2.45) is 0 Å². The molecular formula is C15H11ClF2N2. The molecule has 5 heteroatoms. The van der Waals surface area contributed by atoms with E-state index in [2.05, 4.69) is 4.98 Å². The van der Waals surface area contributed by atoms with Crippen LogP contribution in [0.25, 0.3) is 16.7 Å². The Morgan fingerprint density at radius 3 is 2.65 bits per heavy atom. The number of alkyl halides is 1. The number of aromatic nitrogens is 2. The van der Waals surface area contributed by atoms with E-state index in [9.17, 15) is 8.78 Å². The van der Waals surface area contributed by atoms with Gasteiger partial charge in [-0.25, -0.2) is 13.8 Å². The van der Waals surface area contributed by atoms with Crippen molar-refractivity contribution in [3.8, 4) is 5.69 Å². The van der Waals surface area contributed by atoms with Crippen molar-refractivity contribution in [1.29, 1.82) is 0 Å². The third-order valence-corrected chi connectivity index (χ3v) is 3.29. The minimum Gasteiger partial charge on any atom is -0.292 e. The fraction of sp³-hybridized carbons (Fsp3) is 0.133. The minimum absolute atomic E-state index is 0.112. The van der Waals surface area contributed by atoms with Crippen LogP contribution in [0.1, 0.15) is 18.1 Å². The summed E-state index contributed by atoms with van der Waals surface area (Å²) in [6, 6.07) is 10.6. The van der Waals surface area contributed by atoms with Gasteiger partial charge in [0, 0.05) is 6.07 Å². The number of para-hydroxylation sites is 2. The summed E-state index contributed by atoms with van der Waals surface area (Å²) in [5.41, 5.74) is 1.50. The average Bonchev–Trinajstić information content (AvgIpc) is 2.81. The third kappa shape index (κ3) is 2.06. The molecule has 0 radical (unpaired) electrons. The third-order valence-electron chi connectivity index (χ3n) is 3.09. The van der Waals surface area contributed by atoms with E-state index < -0.39 is 17.0 Å². The Bertz CT molecular complexity index is 781. The van der Waals surface area contributed by atoms with E-state index in [1.165, 1.54) is 0 Å². The maximum absolute atomic E-state index is 14.0. The zero-order chi connectivity index (χ0) is 14.3. The molecule has 0 N–H and O–H groups in total. The predicted octanol–water partition coefficient (Wildman–Crippen LogP) is 4.60. The van der Waals surface area contributed by atoms with Crippen LogP contribution < -0.4 is 0 Å². The molecule has 2 nitrogen and oxygen atoms in total. The zero-order valence-electron chi connectivity index (χ0n) is 10.6. The van der Waals surface area contributed by atoms with Crippen LogP contribution in [0.5, 0.6) is 0 Å². The number of benzene rings is 2. The van der Waals surface area contributed by atoms with E-state index in [0.717, 1.165) is 18.2 Å². The van der Waals surface area contributed by atoms with Crippen LogP contribution in [0, 0.1) is 11.6 Å². The number of imidazole rings is 1. The first-order chi connectivity index (χ1) is 9.58. The number of fused-ring (bicyclic) bond motifs is 1. The molecule has 2 aromatic carbocycles. The predicted molar refractivity (Wildman–Crippen MR) is 75.3 cm³/mol. The Balaban J connectivity index is 2.39. The molecule has 0 aliphatic rings. The fourth-order valence-corrected chi connectivity index (χ4v) is 2.37. The fourth-order valence-electron chi connectivity index (χ4n) is 2.22. The molecule has 0 aliphatic carbocycles. The van der Waals surface area contributed by atoms with Gasteiger partial charge < -0.3 is 0 Å². The molecule has 0 amide bonds. The summed E-state index contributed by atoms with van der Waals surface area (Å²) in [5.74, 6) is -0.544. The lowest BCUT2D eigenvalue weighted by atomic mass is 10.2. The number of rotatable bonds is 2. The van der Waals surface area contributed by atoms with E-state index in [1.807, 2.05) is 18.2 Å². The standard InChI is InChI=1S/C15H11ClF2N2/c1-9(16)15-19-12-4-2-3-5-13(12)20(15)14-8-10(17)6-7-11(14)18/h2-9H,1H3. The van der Waals surface area contributed by atoms with Crippen LogP contribution in [0.2, 0.25) is 0 Å². The highest BCUT2D eigenvalue weighted by atomic mass is 35.5. The SMILES string of the molecule is CC(Cl)c1nc2ccccc2n1-c1cc(F)ccc1F. The Hall–Kier alpha value is -1.94. The molecular weight excluding hydrogens is 282 g/mol. The molecule has 0 aliphatic heterocycles. The van der Waals surface area contributed by atoms with E-state index in [4.69, 9.17) is 11.6 Å². The van der Waals surface area contributed by atoms with E-state index in [0.29, 0.717) is 16.9 Å². The highest BCUT2D eigenvalue weighted by Crippen LogP contribution is 2.29. The van der Waals surface area contributed by atoms with Crippen LogP contribution in [-0.4, -0.2) is 9.55 Å². The van der Waals surface area contributed by atoms with Crippen molar-refractivity contribution in [3.05, 3.63) is 59.9 Å². The summed E-state index contributed by atoms with van der Waals surface area (Å²) in [5, 5.41) is -0.426. The van der Waals surface area contributed by atoms with Gasteiger partial charge in [-0.3, -0.25) is 4.57 Å². The van der Waals surface area contributed by atoms with E-state index in [1.54, 1.807) is 17.6 Å². The molecule has 3 aromatic rings. The van der Waals surface area contributed by atoms with Gasteiger partial charge in [0.15, 0.2) is 0 Å². The monoisotopic (exact) mass is 292 g/mol. The van der Waals surface area contributed by atoms with Crippen LogP contribution in [-0.2, 0) is 0 Å². The maximum Gasteiger partial charge on any atom is 0.147 e. The van der Waals surface area contributed by atoms with Gasteiger partial charge in [0.05, 0.1) is 22.1 Å². The van der Waals surface area contributed by atoms with Crippen molar-refractivity contribution in [2.45, 2.75) is 12.3 Å². The molecule has 1 atom stereocenters. The van der Waals surface area contributed by atoms with Crippen molar-refractivity contribution in [3.63, 3.8) is 0 Å². The molecule has 1 heterocycles. The summed E-state index contributed by atoms with van der Waals surface area (Å²) < 4.78 is 29.0. The van der Waals surface area contributed by atoms with Gasteiger partial charge in [0.25, 0.3) is 0 Å². The second-order valence-electron chi connectivity index (χ2n) is 4.51. The normalized spacial score (nSPS) is 12.8. The Morgan fingerprint density at radius 1 is 1.15 bits per heavy atom. The Morgan fingerprint density at radius 2 is 1.90 bits per heavy atom. The first-order valence-corrected chi connectivity index (χ1v) is 6.58. The Kier molecular flexibility index (Phi) is 3.18. The van der Waals surface area contributed by atoms with Crippen LogP contribution >= 0.6 is 11.6 Å². The summed E-state index contributed by atoms with van der Waals surface area (Å²) >= 11 is 6.12. The summed E-state index contributed by atoms with van der Waals surface area (Å²) in [7, 11) is 0. The number of nitrogens with zero attached hydrogens (tertiary/aromatic N) is 2. The van der Waals surface area contributed by atoms with Gasteiger partial charge in [-0.2, -0.15) is 0 Å². The quantitative estimate of drug-likeness (QED) is 0.631. The van der Waals surface area contributed by atoms with Crippen molar-refractivity contribution >= 4 is 22.6 Å². The molecule has 1 unspecified atom stereocenters. The van der Waals surface area contributed by atoms with Gasteiger partial charge in [0.1, 0.15) is 17.5 Å². The largest absolute Gasteiger partial charge is 0.292 e. The second-order valence-corrected chi connectivity index (χ2v) is 5.16. The van der Waals surface area contributed by atoms with Crippen molar-refractivity contribution < 1.29 is 8.78 Å². The molecule has 0 bridgehead atoms. The van der Waals surface area contributed by atoms with Crippen molar-refractivity contribution in [1.82, 2.24) is 9.55 Å². The maximum atomic E-state index is 14.0. The molecule has 0 fully saturated rings. The van der Waals surface area contributed by atoms with Gasteiger partial charge in [-0.15, -0.1) is 11.6 Å². The summed E-state index contributed by atoms with van der Waals surface area (Å²) in [6.45, 7) is 1.75. The number of hydrogen-bond donors (Lipinski definition) is 0. The zero-order valence-corrected chi connectivity index (χ0v) is 11.4. The van der Waals surface area contributed by atoms with Gasteiger partial charge >= 0.3 is 0 Å². The van der Waals surface area contributed by atoms with Gasteiger partial charge in [0.2, 0.25) is 0 Å². The Labute approximate surface area is 119 Å². The van der Waals surface area contributed by atoms with Crippen LogP contribution in [0.4, 0.5) is 8.78 Å². The van der Waals surface area contributed by atoms with E-state index >= 15 is 0 Å². The molecule has 102 valence electrons. The lowest BCUT2D eigenvalue weighted by Gasteiger charge is -2.11. The van der Waals surface area contributed by atoms with Crippen LogP contribution in [0.3, 0.4) is 0 Å². The smallest absolute Gasteiger partial charge is 0.147 e. The molecule has 0 saturated heterocycles. The number of hydrogen-bond acceptors (Lipinski definition) is 1. The first-order valence-electron chi connectivity index (χ1n) is 6.15. The minimum atomic E-state index is -0.520. The molecule has 20 heavy (non-hydrogen) atoms.